The van der Waals surface area contributed by atoms with E-state index in [2.05, 4.69) is 4.74 Å². The quantitative estimate of drug-likeness (QED) is 0.472. The van der Waals surface area contributed by atoms with Gasteiger partial charge in [0.25, 0.3) is 5.78 Å². The highest BCUT2D eigenvalue weighted by Gasteiger charge is 2.22. The lowest BCUT2D eigenvalue weighted by Crippen LogP contribution is -2.18. The maximum atomic E-state index is 11.8. The van der Waals surface area contributed by atoms with E-state index in [1.807, 2.05) is 0 Å². The molecule has 0 bridgehead atoms. The van der Waals surface area contributed by atoms with Gasteiger partial charge in [-0.1, -0.05) is 11.6 Å². The van der Waals surface area contributed by atoms with Crippen LogP contribution in [-0.4, -0.2) is 25.5 Å². The van der Waals surface area contributed by atoms with E-state index in [1.165, 1.54) is 19.2 Å². The summed E-state index contributed by atoms with van der Waals surface area (Å²) in [6.07, 6.45) is 0. The molecule has 1 rings (SSSR count). The highest BCUT2D eigenvalue weighted by atomic mass is 35.5. The van der Waals surface area contributed by atoms with Gasteiger partial charge in [0, 0.05) is 5.02 Å². The SMILES string of the molecule is CCOC(=O)C(=O)c1cc(C)c(Cl)cc1OC. The summed E-state index contributed by atoms with van der Waals surface area (Å²) >= 11 is 5.90. The third kappa shape index (κ3) is 2.97. The number of rotatable bonds is 4. The van der Waals surface area contributed by atoms with E-state index in [0.717, 1.165) is 0 Å². The molecule has 0 aromatic heterocycles. The van der Waals surface area contributed by atoms with Crippen LogP contribution in [0.5, 0.6) is 5.75 Å². The van der Waals surface area contributed by atoms with Crippen molar-refractivity contribution in [1.29, 1.82) is 0 Å². The summed E-state index contributed by atoms with van der Waals surface area (Å²) < 4.78 is 9.67. The van der Waals surface area contributed by atoms with Crippen molar-refractivity contribution < 1.29 is 19.1 Å². The largest absolute Gasteiger partial charge is 0.496 e. The molecule has 17 heavy (non-hydrogen) atoms. The number of ketones is 1. The Balaban J connectivity index is 3.16. The topological polar surface area (TPSA) is 52.6 Å². The molecule has 0 aliphatic rings. The lowest BCUT2D eigenvalue weighted by molar-refractivity contribution is -0.137. The van der Waals surface area contributed by atoms with E-state index < -0.39 is 11.8 Å². The van der Waals surface area contributed by atoms with Crippen LogP contribution in [0.4, 0.5) is 0 Å². The number of aryl methyl sites for hydroxylation is 1. The van der Waals surface area contributed by atoms with Crippen molar-refractivity contribution in [3.05, 3.63) is 28.3 Å². The number of hydrogen-bond donors (Lipinski definition) is 0. The van der Waals surface area contributed by atoms with E-state index in [0.29, 0.717) is 10.6 Å². The number of carbonyl (C=O) groups is 2. The predicted molar refractivity (Wildman–Crippen MR) is 63.7 cm³/mol. The molecule has 5 heteroatoms. The van der Waals surface area contributed by atoms with Crippen LogP contribution in [-0.2, 0) is 9.53 Å². The molecular weight excluding hydrogens is 244 g/mol. The number of methoxy groups -OCH3 is 1. The number of halogens is 1. The lowest BCUT2D eigenvalue weighted by atomic mass is 10.1. The summed E-state index contributed by atoms with van der Waals surface area (Å²) in [5, 5.41) is 0.474. The molecule has 0 unspecified atom stereocenters. The second-order valence-corrected chi connectivity index (χ2v) is 3.76. The number of esters is 1. The van der Waals surface area contributed by atoms with Crippen LogP contribution in [0.1, 0.15) is 22.8 Å². The average Bonchev–Trinajstić information content (AvgIpc) is 2.31. The minimum atomic E-state index is -0.896. The Bertz CT molecular complexity index is 454. The molecule has 0 saturated carbocycles. The van der Waals surface area contributed by atoms with E-state index in [-0.39, 0.29) is 17.9 Å². The smallest absolute Gasteiger partial charge is 0.379 e. The standard InChI is InChI=1S/C12H13ClO4/c1-4-17-12(15)11(14)8-5-7(2)9(13)6-10(8)16-3/h5-6H,4H2,1-3H3. The Hall–Kier alpha value is -1.55. The molecule has 0 heterocycles. The van der Waals surface area contributed by atoms with Gasteiger partial charge in [-0.25, -0.2) is 4.79 Å². The molecule has 0 aliphatic heterocycles. The Morgan fingerprint density at radius 2 is 2.00 bits per heavy atom. The molecule has 0 saturated heterocycles. The zero-order chi connectivity index (χ0) is 13.0. The molecule has 92 valence electrons. The van der Waals surface area contributed by atoms with Gasteiger partial charge in [-0.15, -0.1) is 0 Å². The summed E-state index contributed by atoms with van der Waals surface area (Å²) in [6.45, 7) is 3.53. The van der Waals surface area contributed by atoms with Gasteiger partial charge in [-0.05, 0) is 31.5 Å². The first-order chi connectivity index (χ1) is 8.01. The second-order valence-electron chi connectivity index (χ2n) is 3.35. The molecule has 1 aromatic rings. The third-order valence-corrected chi connectivity index (χ3v) is 2.59. The van der Waals surface area contributed by atoms with E-state index in [1.54, 1.807) is 13.8 Å². The zero-order valence-electron chi connectivity index (χ0n) is 9.87. The highest BCUT2D eigenvalue weighted by Crippen LogP contribution is 2.27. The summed E-state index contributed by atoms with van der Waals surface area (Å²) in [7, 11) is 1.41. The molecule has 0 aliphatic carbocycles. The van der Waals surface area contributed by atoms with E-state index in [9.17, 15) is 9.59 Å². The number of Topliss-reactive ketones (excluding diaryl/α,β-unsaturated/α-hetero) is 1. The lowest BCUT2D eigenvalue weighted by Gasteiger charge is -2.09. The van der Waals surface area contributed by atoms with Crippen LogP contribution in [0.15, 0.2) is 12.1 Å². The molecule has 0 radical (unpaired) electrons. The van der Waals surface area contributed by atoms with Crippen molar-refractivity contribution in [2.24, 2.45) is 0 Å². The van der Waals surface area contributed by atoms with Gasteiger partial charge >= 0.3 is 5.97 Å². The molecule has 0 N–H and O–H groups in total. The fraction of sp³-hybridized carbons (Fsp3) is 0.333. The third-order valence-electron chi connectivity index (χ3n) is 2.19. The van der Waals surface area contributed by atoms with Gasteiger partial charge in [0.05, 0.1) is 19.3 Å². The first kappa shape index (κ1) is 13.5. The molecule has 0 amide bonds. The van der Waals surface area contributed by atoms with Crippen LogP contribution in [0.3, 0.4) is 0 Å². The molecule has 1 aromatic carbocycles. The van der Waals surface area contributed by atoms with Gasteiger partial charge in [-0.2, -0.15) is 0 Å². The van der Waals surface area contributed by atoms with Crippen molar-refractivity contribution in [2.45, 2.75) is 13.8 Å². The van der Waals surface area contributed by atoms with Crippen LogP contribution < -0.4 is 4.74 Å². The molecular formula is C12H13ClO4. The van der Waals surface area contributed by atoms with Crippen LogP contribution in [0.25, 0.3) is 0 Å². The van der Waals surface area contributed by atoms with Gasteiger partial charge in [0.2, 0.25) is 0 Å². The Morgan fingerprint density at radius 3 is 2.53 bits per heavy atom. The maximum absolute atomic E-state index is 11.8. The van der Waals surface area contributed by atoms with Crippen molar-refractivity contribution in [3.8, 4) is 5.75 Å². The van der Waals surface area contributed by atoms with Crippen LogP contribution >= 0.6 is 11.6 Å². The minimum Gasteiger partial charge on any atom is -0.496 e. The molecule has 0 spiro atoms. The maximum Gasteiger partial charge on any atom is 0.379 e. The molecule has 0 fully saturated rings. The summed E-state index contributed by atoms with van der Waals surface area (Å²) in [5.41, 5.74) is 0.855. The first-order valence-corrected chi connectivity index (χ1v) is 5.44. The Kier molecular flexibility index (Phi) is 4.52. The molecule has 4 nitrogen and oxygen atoms in total. The van der Waals surface area contributed by atoms with Crippen LogP contribution in [0.2, 0.25) is 5.02 Å². The summed E-state index contributed by atoms with van der Waals surface area (Å²) in [4.78, 5) is 23.1. The van der Waals surface area contributed by atoms with Gasteiger partial charge in [0.1, 0.15) is 5.75 Å². The van der Waals surface area contributed by atoms with Gasteiger partial charge < -0.3 is 9.47 Å². The van der Waals surface area contributed by atoms with E-state index >= 15 is 0 Å². The van der Waals surface area contributed by atoms with Crippen molar-refractivity contribution in [1.82, 2.24) is 0 Å². The number of ether oxygens (including phenoxy) is 2. The van der Waals surface area contributed by atoms with Crippen molar-refractivity contribution in [2.75, 3.05) is 13.7 Å². The average molecular weight is 257 g/mol. The number of benzene rings is 1. The Labute approximate surface area is 104 Å². The van der Waals surface area contributed by atoms with E-state index in [4.69, 9.17) is 16.3 Å². The second kappa shape index (κ2) is 5.68. The predicted octanol–water partition coefficient (Wildman–Crippen LogP) is 2.40. The normalized spacial score (nSPS) is 9.88. The van der Waals surface area contributed by atoms with Crippen molar-refractivity contribution in [3.63, 3.8) is 0 Å². The van der Waals surface area contributed by atoms with Gasteiger partial charge in [0.15, 0.2) is 0 Å². The minimum absolute atomic E-state index is 0.152. The van der Waals surface area contributed by atoms with Crippen molar-refractivity contribution >= 4 is 23.4 Å². The highest BCUT2D eigenvalue weighted by molar-refractivity contribution is 6.41. The fourth-order valence-electron chi connectivity index (χ4n) is 1.32. The fourth-order valence-corrected chi connectivity index (χ4v) is 1.47. The number of hydrogen-bond acceptors (Lipinski definition) is 4. The monoisotopic (exact) mass is 256 g/mol. The number of carbonyl (C=O) groups excluding carboxylic acids is 2. The van der Waals surface area contributed by atoms with Gasteiger partial charge in [-0.3, -0.25) is 4.79 Å². The molecule has 0 atom stereocenters. The Morgan fingerprint density at radius 1 is 1.35 bits per heavy atom. The summed E-state index contributed by atoms with van der Waals surface area (Å²) in [5.74, 6) is -1.37. The summed E-state index contributed by atoms with van der Waals surface area (Å²) in [6, 6.07) is 3.02. The first-order valence-electron chi connectivity index (χ1n) is 5.06. The zero-order valence-corrected chi connectivity index (χ0v) is 10.6. The van der Waals surface area contributed by atoms with Crippen LogP contribution in [0, 0.1) is 6.92 Å².